The van der Waals surface area contributed by atoms with Crippen molar-refractivity contribution < 1.29 is 13.2 Å². The average molecular weight is 272 g/mol. The second-order valence-corrected chi connectivity index (χ2v) is 3.96. The smallest absolute Gasteiger partial charge is 0.310 e. The van der Waals surface area contributed by atoms with E-state index in [1.165, 1.54) is 12.1 Å². The molecular weight excluding hydrogens is 262 g/mol. The van der Waals surface area contributed by atoms with E-state index in [9.17, 15) is 13.2 Å². The van der Waals surface area contributed by atoms with E-state index in [0.29, 0.717) is 0 Å². The Morgan fingerprint density at radius 3 is 2.38 bits per heavy atom. The molecule has 0 aliphatic carbocycles. The number of benzene rings is 1. The summed E-state index contributed by atoms with van der Waals surface area (Å²) in [5, 5.41) is 3.07. The molecule has 1 atom stereocenters. The van der Waals surface area contributed by atoms with Crippen LogP contribution < -0.4 is 5.32 Å². The van der Waals surface area contributed by atoms with Crippen LogP contribution in [0.25, 0.3) is 0 Å². The standard InChI is InChI=1S/C10H9ClF3N.ClH/c11-6-1-2-7(9-3-4-15-9)8(5-6)10(12,13)14;/h1-2,5,9,15H,3-4H2;1H/t9-;/m0./s1. The van der Waals surface area contributed by atoms with Gasteiger partial charge >= 0.3 is 6.18 Å². The fraction of sp³-hybridized carbons (Fsp3) is 0.400. The lowest BCUT2D eigenvalue weighted by molar-refractivity contribution is -0.138. The SMILES string of the molecule is Cl.FC(F)(F)c1cc(Cl)ccc1[C@@H]1CCN1. The minimum absolute atomic E-state index is 0. The number of alkyl halides is 3. The Morgan fingerprint density at radius 2 is 1.94 bits per heavy atom. The summed E-state index contributed by atoms with van der Waals surface area (Å²) in [7, 11) is 0. The van der Waals surface area contributed by atoms with E-state index in [1.54, 1.807) is 0 Å². The van der Waals surface area contributed by atoms with Gasteiger partial charge in [-0.05, 0) is 30.7 Å². The zero-order valence-electron chi connectivity index (χ0n) is 8.14. The van der Waals surface area contributed by atoms with Crippen molar-refractivity contribution in [3.8, 4) is 0 Å². The molecule has 1 aromatic rings. The Balaban J connectivity index is 0.00000128. The lowest BCUT2D eigenvalue weighted by Gasteiger charge is -2.30. The molecule has 1 aliphatic heterocycles. The number of rotatable bonds is 1. The fourth-order valence-electron chi connectivity index (χ4n) is 1.63. The molecule has 1 heterocycles. The molecule has 0 saturated carbocycles. The molecule has 0 radical (unpaired) electrons. The van der Waals surface area contributed by atoms with Gasteiger partial charge in [-0.3, -0.25) is 0 Å². The maximum absolute atomic E-state index is 12.7. The van der Waals surface area contributed by atoms with Crippen LogP contribution in [0.2, 0.25) is 5.02 Å². The first-order valence-corrected chi connectivity index (χ1v) is 4.96. The van der Waals surface area contributed by atoms with Crippen LogP contribution in [0.5, 0.6) is 0 Å². The third-order valence-electron chi connectivity index (χ3n) is 2.52. The Bertz CT molecular complexity index is 375. The monoisotopic (exact) mass is 271 g/mol. The summed E-state index contributed by atoms with van der Waals surface area (Å²) in [5.41, 5.74) is -0.342. The summed E-state index contributed by atoms with van der Waals surface area (Å²) in [6.45, 7) is 0.768. The molecule has 1 fully saturated rings. The number of halogens is 5. The molecule has 0 unspecified atom stereocenters. The van der Waals surface area contributed by atoms with Crippen LogP contribution in [0.3, 0.4) is 0 Å². The van der Waals surface area contributed by atoms with E-state index in [4.69, 9.17) is 11.6 Å². The maximum Gasteiger partial charge on any atom is 0.416 e. The first-order chi connectivity index (χ1) is 6.98. The summed E-state index contributed by atoms with van der Waals surface area (Å²) in [4.78, 5) is 0. The van der Waals surface area contributed by atoms with Crippen LogP contribution in [0, 0.1) is 0 Å². The highest BCUT2D eigenvalue weighted by molar-refractivity contribution is 6.30. The van der Waals surface area contributed by atoms with Crippen LogP contribution in [0.15, 0.2) is 18.2 Å². The van der Waals surface area contributed by atoms with E-state index in [2.05, 4.69) is 5.32 Å². The second kappa shape index (κ2) is 4.82. The summed E-state index contributed by atoms with van der Waals surface area (Å²) in [6, 6.07) is 3.74. The number of nitrogens with one attached hydrogen (secondary N) is 1. The lowest BCUT2D eigenvalue weighted by Crippen LogP contribution is -2.36. The third-order valence-corrected chi connectivity index (χ3v) is 2.76. The fourth-order valence-corrected chi connectivity index (χ4v) is 1.80. The highest BCUT2D eigenvalue weighted by Gasteiger charge is 2.36. The molecule has 1 nitrogen and oxygen atoms in total. The normalized spacial score (nSPS) is 19.9. The summed E-state index contributed by atoms with van der Waals surface area (Å²) in [5.74, 6) is 0. The van der Waals surface area contributed by atoms with E-state index >= 15 is 0 Å². The number of hydrogen-bond donors (Lipinski definition) is 1. The predicted octanol–water partition coefficient (Wildman–Crippen LogP) is 3.82. The zero-order chi connectivity index (χ0) is 11.1. The first kappa shape index (κ1) is 13.6. The largest absolute Gasteiger partial charge is 0.416 e. The Hall–Kier alpha value is -0.450. The Kier molecular flexibility index (Phi) is 4.10. The molecule has 0 amide bonds. The van der Waals surface area contributed by atoms with Crippen molar-refractivity contribution in [2.45, 2.75) is 18.6 Å². The maximum atomic E-state index is 12.7. The molecule has 0 spiro atoms. The first-order valence-electron chi connectivity index (χ1n) is 4.58. The predicted molar refractivity (Wildman–Crippen MR) is 59.1 cm³/mol. The number of hydrogen-bond acceptors (Lipinski definition) is 1. The third kappa shape index (κ3) is 2.62. The van der Waals surface area contributed by atoms with Gasteiger partial charge in [-0.1, -0.05) is 17.7 Å². The van der Waals surface area contributed by atoms with E-state index in [-0.39, 0.29) is 29.0 Å². The highest BCUT2D eigenvalue weighted by Crippen LogP contribution is 2.38. The van der Waals surface area contributed by atoms with Crippen molar-refractivity contribution in [1.29, 1.82) is 0 Å². The molecule has 2 rings (SSSR count). The van der Waals surface area contributed by atoms with Crippen molar-refractivity contribution >= 4 is 24.0 Å². The molecule has 0 bridgehead atoms. The van der Waals surface area contributed by atoms with Gasteiger partial charge in [0.2, 0.25) is 0 Å². The van der Waals surface area contributed by atoms with Crippen molar-refractivity contribution in [2.24, 2.45) is 0 Å². The van der Waals surface area contributed by atoms with Crippen LogP contribution in [0.1, 0.15) is 23.6 Å². The van der Waals surface area contributed by atoms with Gasteiger partial charge in [-0.25, -0.2) is 0 Å². The molecule has 16 heavy (non-hydrogen) atoms. The summed E-state index contributed by atoms with van der Waals surface area (Å²) >= 11 is 5.57. The van der Waals surface area contributed by atoms with Crippen molar-refractivity contribution in [3.63, 3.8) is 0 Å². The van der Waals surface area contributed by atoms with Gasteiger partial charge < -0.3 is 5.32 Å². The Labute approximate surface area is 102 Å². The van der Waals surface area contributed by atoms with E-state index < -0.39 is 11.7 Å². The molecule has 1 aliphatic rings. The van der Waals surface area contributed by atoms with Crippen molar-refractivity contribution in [3.05, 3.63) is 34.3 Å². The molecule has 6 heteroatoms. The minimum Gasteiger partial charge on any atom is -0.310 e. The van der Waals surface area contributed by atoms with Crippen LogP contribution in [-0.4, -0.2) is 6.54 Å². The molecular formula is C10H10Cl2F3N. The molecule has 90 valence electrons. The zero-order valence-corrected chi connectivity index (χ0v) is 9.72. The Morgan fingerprint density at radius 1 is 1.31 bits per heavy atom. The van der Waals surface area contributed by atoms with Crippen molar-refractivity contribution in [2.75, 3.05) is 6.54 Å². The van der Waals surface area contributed by atoms with Crippen LogP contribution in [0.4, 0.5) is 13.2 Å². The lowest BCUT2D eigenvalue weighted by atomic mass is 9.93. The van der Waals surface area contributed by atoms with Gasteiger partial charge in [0.1, 0.15) is 0 Å². The van der Waals surface area contributed by atoms with Gasteiger partial charge in [0.05, 0.1) is 5.56 Å². The topological polar surface area (TPSA) is 12.0 Å². The quantitative estimate of drug-likeness (QED) is 0.819. The van der Waals surface area contributed by atoms with Crippen molar-refractivity contribution in [1.82, 2.24) is 5.32 Å². The molecule has 1 N–H and O–H groups in total. The van der Waals surface area contributed by atoms with Gasteiger partial charge in [-0.15, -0.1) is 12.4 Å². The van der Waals surface area contributed by atoms with Gasteiger partial charge in [0.15, 0.2) is 0 Å². The molecule has 1 aromatic carbocycles. The van der Waals surface area contributed by atoms with Gasteiger partial charge in [0, 0.05) is 11.1 Å². The minimum atomic E-state index is -4.34. The summed E-state index contributed by atoms with van der Waals surface area (Å²) in [6.07, 6.45) is -3.60. The van der Waals surface area contributed by atoms with Crippen LogP contribution in [-0.2, 0) is 6.18 Å². The average Bonchev–Trinajstić information content (AvgIpc) is 2.03. The summed E-state index contributed by atoms with van der Waals surface area (Å²) < 4.78 is 38.0. The van der Waals surface area contributed by atoms with E-state index in [1.807, 2.05) is 0 Å². The molecule has 1 saturated heterocycles. The van der Waals surface area contributed by atoms with Crippen LogP contribution >= 0.6 is 24.0 Å². The van der Waals surface area contributed by atoms with E-state index in [0.717, 1.165) is 19.0 Å². The van der Waals surface area contributed by atoms with Gasteiger partial charge in [-0.2, -0.15) is 13.2 Å². The highest BCUT2D eigenvalue weighted by atomic mass is 35.5. The van der Waals surface area contributed by atoms with Gasteiger partial charge in [0.25, 0.3) is 0 Å². The second-order valence-electron chi connectivity index (χ2n) is 3.52. The molecule has 0 aromatic heterocycles.